The van der Waals surface area contributed by atoms with Gasteiger partial charge in [-0.3, -0.25) is 32.5 Å². The molecule has 4 N–H and O–H groups in total. The summed E-state index contributed by atoms with van der Waals surface area (Å²) in [7, 11) is -9.80. The van der Waals surface area contributed by atoms with Crippen molar-refractivity contribution in [2.45, 2.75) is 296 Å². The van der Waals surface area contributed by atoms with Gasteiger partial charge in [-0.05, 0) is 135 Å². The van der Waals surface area contributed by atoms with Gasteiger partial charge in [0.05, 0.1) is 26.4 Å². The first-order valence-electron chi connectivity index (χ1n) is 37.1. The van der Waals surface area contributed by atoms with Crippen molar-refractivity contribution in [2.75, 3.05) is 39.6 Å². The number of allylic oxidation sites excluding steroid dienone is 24. The minimum Gasteiger partial charge on any atom is -0.463 e. The number of esters is 3. The number of aliphatic hydroxyl groups excluding tert-OH is 2. The monoisotopic (exact) mass is 1400 g/mol. The number of unbranched alkanes of at least 4 members (excludes halogenated alkanes) is 22. The lowest BCUT2D eigenvalue weighted by Crippen LogP contribution is -2.30. The highest BCUT2D eigenvalue weighted by Gasteiger charge is 2.29. The molecule has 0 saturated heterocycles. The second-order valence-corrected chi connectivity index (χ2v) is 27.2. The van der Waals surface area contributed by atoms with Crippen LogP contribution < -0.4 is 0 Å². The van der Waals surface area contributed by atoms with E-state index in [1.807, 2.05) is 0 Å². The molecule has 0 saturated carbocycles. The Morgan fingerprint density at radius 3 is 0.876 bits per heavy atom. The Kier molecular flexibility index (Phi) is 67.9. The topological polar surface area (TPSA) is 231 Å². The number of phosphoric ester groups is 2. The van der Waals surface area contributed by atoms with E-state index in [2.05, 4.69) is 167 Å². The summed E-state index contributed by atoms with van der Waals surface area (Å²) in [5, 5.41) is 20.6. The van der Waals surface area contributed by atoms with Crippen LogP contribution in [0, 0.1) is 0 Å². The average molecular weight is 1400 g/mol. The van der Waals surface area contributed by atoms with E-state index in [1.165, 1.54) is 57.8 Å². The molecule has 5 atom stereocenters. The molecule has 97 heavy (non-hydrogen) atoms. The van der Waals surface area contributed by atoms with Crippen molar-refractivity contribution in [3.63, 3.8) is 0 Å². The van der Waals surface area contributed by atoms with Gasteiger partial charge in [0.1, 0.15) is 25.4 Å². The van der Waals surface area contributed by atoms with E-state index in [0.29, 0.717) is 19.3 Å². The average Bonchev–Trinajstić information content (AvgIpc) is 1.47. The predicted octanol–water partition coefficient (Wildman–Crippen LogP) is 21.3. The maximum absolute atomic E-state index is 12.9. The Morgan fingerprint density at radius 2 is 0.546 bits per heavy atom. The zero-order valence-electron chi connectivity index (χ0n) is 60.2. The quantitative estimate of drug-likeness (QED) is 0.0146. The second-order valence-electron chi connectivity index (χ2n) is 24.3. The van der Waals surface area contributed by atoms with Gasteiger partial charge in [-0.15, -0.1) is 0 Å². The van der Waals surface area contributed by atoms with Crippen LogP contribution in [0.2, 0.25) is 0 Å². The van der Waals surface area contributed by atoms with Crippen molar-refractivity contribution in [1.29, 1.82) is 0 Å². The molecule has 16 nitrogen and oxygen atoms in total. The fourth-order valence-electron chi connectivity index (χ4n) is 9.40. The van der Waals surface area contributed by atoms with Crippen molar-refractivity contribution >= 4 is 33.6 Å². The predicted molar refractivity (Wildman–Crippen MR) is 399 cm³/mol. The van der Waals surface area contributed by atoms with Crippen LogP contribution in [0.15, 0.2) is 146 Å². The van der Waals surface area contributed by atoms with Gasteiger partial charge < -0.3 is 34.2 Å². The van der Waals surface area contributed by atoms with Crippen molar-refractivity contribution in [3.05, 3.63) is 146 Å². The van der Waals surface area contributed by atoms with Crippen molar-refractivity contribution in [1.82, 2.24) is 0 Å². The Bertz CT molecular complexity index is 2350. The van der Waals surface area contributed by atoms with E-state index < -0.39 is 91.5 Å². The molecule has 0 rings (SSSR count). The lowest BCUT2D eigenvalue weighted by Gasteiger charge is -2.21. The summed E-state index contributed by atoms with van der Waals surface area (Å²) < 4.78 is 60.9. The maximum atomic E-state index is 12.9. The van der Waals surface area contributed by atoms with E-state index in [1.54, 1.807) is 0 Å². The lowest BCUT2D eigenvalue weighted by atomic mass is 10.0. The molecule has 0 aliphatic rings. The number of phosphoric acid groups is 2. The van der Waals surface area contributed by atoms with Gasteiger partial charge >= 0.3 is 33.6 Å². The molecule has 0 aromatic rings. The van der Waals surface area contributed by atoms with Crippen LogP contribution in [0.4, 0.5) is 0 Å². The molecule has 5 unspecified atom stereocenters. The highest BCUT2D eigenvalue weighted by atomic mass is 31.2. The van der Waals surface area contributed by atoms with Gasteiger partial charge in [0.25, 0.3) is 0 Å². The van der Waals surface area contributed by atoms with Gasteiger partial charge in [-0.2, -0.15) is 0 Å². The largest absolute Gasteiger partial charge is 0.472 e. The SMILES string of the molecule is CC/C=C\C/C=C\C/C=C\C/C=C\C/C=C\C/C=C\CCCCCCC(=O)OCC(COP(=O)(O)OCC(O)COP(=O)(O)OCC(O)COC(=O)CCCCCCCCCCCCC/C=C\C/C=C\C/C=C\C/C=C\C/C=C\CC)OC(=O)CCCCCCC/C=C\CCCC. The van der Waals surface area contributed by atoms with Gasteiger partial charge in [0, 0.05) is 19.3 Å². The van der Waals surface area contributed by atoms with Crippen LogP contribution in [-0.2, 0) is 55.8 Å². The Labute approximate surface area is 587 Å². The molecule has 0 aromatic heterocycles. The van der Waals surface area contributed by atoms with Crippen molar-refractivity contribution < 1.29 is 75.8 Å². The molecule has 554 valence electrons. The first kappa shape index (κ1) is 92.4. The van der Waals surface area contributed by atoms with Crippen LogP contribution in [-0.4, -0.2) is 95.9 Å². The number of hydrogen-bond acceptors (Lipinski definition) is 14. The molecule has 0 amide bonds. The van der Waals surface area contributed by atoms with E-state index in [-0.39, 0.29) is 19.3 Å². The zero-order chi connectivity index (χ0) is 70.9. The summed E-state index contributed by atoms with van der Waals surface area (Å²) in [5.74, 6) is -1.62. The third-order valence-electron chi connectivity index (χ3n) is 15.0. The number of aliphatic hydroxyl groups is 2. The number of carbonyl (C=O) groups is 3. The van der Waals surface area contributed by atoms with Crippen LogP contribution >= 0.6 is 15.6 Å². The zero-order valence-corrected chi connectivity index (χ0v) is 62.0. The molecule has 0 bridgehead atoms. The highest BCUT2D eigenvalue weighted by molar-refractivity contribution is 7.47. The normalized spacial score (nSPS) is 14.9. The Morgan fingerprint density at radius 1 is 0.299 bits per heavy atom. The van der Waals surface area contributed by atoms with Crippen LogP contribution in [0.5, 0.6) is 0 Å². The summed E-state index contributed by atoms with van der Waals surface area (Å²) in [6.07, 6.45) is 86.2. The molecular weight excluding hydrogens is 1270 g/mol. The van der Waals surface area contributed by atoms with Crippen LogP contribution in [0.1, 0.15) is 278 Å². The molecule has 0 fully saturated rings. The third kappa shape index (κ3) is 72.5. The van der Waals surface area contributed by atoms with Gasteiger partial charge in [-0.25, -0.2) is 9.13 Å². The Balaban J connectivity index is 4.53. The number of carbonyl (C=O) groups excluding carboxylic acids is 3. The van der Waals surface area contributed by atoms with Crippen LogP contribution in [0.3, 0.4) is 0 Å². The molecular formula is C79H132O16P2. The molecule has 0 aliphatic carbocycles. The fourth-order valence-corrected chi connectivity index (χ4v) is 11.0. The number of ether oxygens (including phenoxy) is 3. The smallest absolute Gasteiger partial charge is 0.463 e. The van der Waals surface area contributed by atoms with E-state index in [9.17, 15) is 43.5 Å². The molecule has 0 spiro atoms. The van der Waals surface area contributed by atoms with E-state index >= 15 is 0 Å². The van der Waals surface area contributed by atoms with Gasteiger partial charge in [0.2, 0.25) is 0 Å². The van der Waals surface area contributed by atoms with E-state index in [0.717, 1.165) is 161 Å². The summed E-state index contributed by atoms with van der Waals surface area (Å²) >= 11 is 0. The second kappa shape index (κ2) is 71.3. The fraction of sp³-hybridized carbons (Fsp3) is 0.658. The summed E-state index contributed by atoms with van der Waals surface area (Å²) in [4.78, 5) is 58.4. The summed E-state index contributed by atoms with van der Waals surface area (Å²) in [6.45, 7) is 2.35. The molecule has 0 aliphatic heterocycles. The lowest BCUT2D eigenvalue weighted by molar-refractivity contribution is -0.161. The van der Waals surface area contributed by atoms with E-state index in [4.69, 9.17) is 32.3 Å². The third-order valence-corrected chi connectivity index (χ3v) is 16.9. The Hall–Kier alpha value is -4.57. The number of hydrogen-bond donors (Lipinski definition) is 4. The van der Waals surface area contributed by atoms with Crippen LogP contribution in [0.25, 0.3) is 0 Å². The minimum absolute atomic E-state index is 0.0840. The summed E-state index contributed by atoms with van der Waals surface area (Å²) in [6, 6.07) is 0. The molecule has 18 heteroatoms. The summed E-state index contributed by atoms with van der Waals surface area (Å²) in [5.41, 5.74) is 0. The van der Waals surface area contributed by atoms with Gasteiger partial charge in [-0.1, -0.05) is 269 Å². The maximum Gasteiger partial charge on any atom is 0.472 e. The van der Waals surface area contributed by atoms with Crippen molar-refractivity contribution in [3.8, 4) is 0 Å². The standard InChI is InChI=1S/C79H132O16P2/c1-4-7-10-13-16-19-22-24-26-28-30-32-34-35-36-37-39-41-42-44-46-48-51-53-56-59-62-65-77(82)89-68-74(80)69-91-96(85,86)92-70-75(81)71-93-97(87,88)94-73-76(95-79(84)67-64-61-58-55-50-21-18-15-12-9-6-3)72-90-78(83)66-63-60-57-54-52-49-47-45-43-40-38-33-31-29-27-25-23-20-17-14-11-8-5-2/h7-8,10-11,15-20,24-27,30-33,35-36,40,43,47,49,74-76,80-81H,4-6,9,12-14,21-23,28-29,34,37-39,41-42,44-46,48,50-73H2,1-3H3,(H,85,86)(H,87,88)/b10-7-,11-8-,18-15-,19-16-,20-17-,26-24-,27-25-,32-30-,33-31-,36-35-,43-40-,49-47-. The highest BCUT2D eigenvalue weighted by Crippen LogP contribution is 2.45. The van der Waals surface area contributed by atoms with Crippen molar-refractivity contribution in [2.24, 2.45) is 0 Å². The molecule has 0 heterocycles. The first-order valence-corrected chi connectivity index (χ1v) is 40.1. The molecule has 0 aromatic carbocycles. The minimum atomic E-state index is -4.94. The van der Waals surface area contributed by atoms with Gasteiger partial charge in [0.15, 0.2) is 6.10 Å². The number of rotatable bonds is 69. The molecule has 0 radical (unpaired) electrons. The first-order chi connectivity index (χ1) is 47.2.